The number of carboxylic acid groups (broad SMARTS) is 2. The second kappa shape index (κ2) is 11.0. The quantitative estimate of drug-likeness (QED) is 0.380. The monoisotopic (exact) mass is 337 g/mol. The van der Waals surface area contributed by atoms with Crippen LogP contribution in [0.15, 0.2) is 30.3 Å². The molecule has 0 aliphatic carbocycles. The summed E-state index contributed by atoms with van der Waals surface area (Å²) in [6, 6.07) is 8.10. The van der Waals surface area contributed by atoms with Crippen LogP contribution < -0.4 is 16.0 Å². The lowest BCUT2D eigenvalue weighted by molar-refractivity contribution is -0.139. The maximum Gasteiger partial charge on any atom is 0.326 e. The Morgan fingerprint density at radius 3 is 2.38 bits per heavy atom. The van der Waals surface area contributed by atoms with Crippen molar-refractivity contribution in [3.05, 3.63) is 35.9 Å². The van der Waals surface area contributed by atoms with Crippen LogP contribution >= 0.6 is 0 Å². The predicted octanol–water partition coefficient (Wildman–Crippen LogP) is 0.784. The van der Waals surface area contributed by atoms with E-state index in [0.717, 1.165) is 19.5 Å². The van der Waals surface area contributed by atoms with Crippen molar-refractivity contribution < 1.29 is 24.6 Å². The van der Waals surface area contributed by atoms with Gasteiger partial charge in [-0.1, -0.05) is 30.3 Å². The fraction of sp³-hybridized carbons (Fsp3) is 0.438. The van der Waals surface area contributed by atoms with Gasteiger partial charge in [-0.15, -0.1) is 0 Å². The van der Waals surface area contributed by atoms with Crippen LogP contribution in [0.4, 0.5) is 4.79 Å². The number of rotatable bonds is 11. The van der Waals surface area contributed by atoms with E-state index in [2.05, 4.69) is 16.0 Å². The molecule has 0 spiro atoms. The topological polar surface area (TPSA) is 128 Å². The van der Waals surface area contributed by atoms with E-state index >= 15 is 0 Å². The first-order valence-corrected chi connectivity index (χ1v) is 7.72. The van der Waals surface area contributed by atoms with Gasteiger partial charge in [0.15, 0.2) is 0 Å². The molecule has 1 atom stereocenters. The first kappa shape index (κ1) is 19.4. The van der Waals surface area contributed by atoms with Gasteiger partial charge in [-0.3, -0.25) is 4.79 Å². The standard InChI is InChI=1S/C16H23N3O5/c20-14(21)11-18-16(24)19-13(15(22)23)8-4-5-9-17-10-12-6-2-1-3-7-12/h1-3,6-7,13,17H,4-5,8-11H2,(H,20,21)(H,22,23)(H2,18,19,24). The van der Waals surface area contributed by atoms with Crippen LogP contribution in [0.25, 0.3) is 0 Å². The zero-order chi connectivity index (χ0) is 17.8. The summed E-state index contributed by atoms with van der Waals surface area (Å²) >= 11 is 0. The Morgan fingerprint density at radius 1 is 1.04 bits per heavy atom. The summed E-state index contributed by atoms with van der Waals surface area (Å²) in [7, 11) is 0. The lowest BCUT2D eigenvalue weighted by Gasteiger charge is -2.14. The molecule has 1 aromatic carbocycles. The third-order valence-electron chi connectivity index (χ3n) is 3.27. The first-order chi connectivity index (χ1) is 11.5. The van der Waals surface area contributed by atoms with Gasteiger partial charge in [0, 0.05) is 6.54 Å². The van der Waals surface area contributed by atoms with Crippen LogP contribution in [0, 0.1) is 0 Å². The molecule has 0 bridgehead atoms. The Kier molecular flexibility index (Phi) is 8.91. The van der Waals surface area contributed by atoms with Crippen molar-refractivity contribution >= 4 is 18.0 Å². The highest BCUT2D eigenvalue weighted by molar-refractivity contribution is 5.84. The molecular weight excluding hydrogens is 314 g/mol. The van der Waals surface area contributed by atoms with Crippen LogP contribution in [0.1, 0.15) is 24.8 Å². The van der Waals surface area contributed by atoms with E-state index in [1.54, 1.807) is 0 Å². The van der Waals surface area contributed by atoms with Gasteiger partial charge in [-0.2, -0.15) is 0 Å². The van der Waals surface area contributed by atoms with E-state index in [0.29, 0.717) is 6.42 Å². The number of carbonyl (C=O) groups excluding carboxylic acids is 1. The number of carbonyl (C=O) groups is 3. The first-order valence-electron chi connectivity index (χ1n) is 7.72. The minimum Gasteiger partial charge on any atom is -0.480 e. The summed E-state index contributed by atoms with van der Waals surface area (Å²) in [5.74, 6) is -2.33. The van der Waals surface area contributed by atoms with E-state index < -0.39 is 30.6 Å². The highest BCUT2D eigenvalue weighted by atomic mass is 16.4. The third-order valence-corrected chi connectivity index (χ3v) is 3.27. The molecule has 0 aliphatic rings. The number of unbranched alkanes of at least 4 members (excludes halogenated alkanes) is 1. The molecule has 1 aromatic rings. The molecule has 24 heavy (non-hydrogen) atoms. The van der Waals surface area contributed by atoms with Crippen molar-refractivity contribution in [1.29, 1.82) is 0 Å². The van der Waals surface area contributed by atoms with Crippen molar-refractivity contribution in [2.24, 2.45) is 0 Å². The van der Waals surface area contributed by atoms with Crippen LogP contribution in [0.5, 0.6) is 0 Å². The number of benzene rings is 1. The van der Waals surface area contributed by atoms with Gasteiger partial charge >= 0.3 is 18.0 Å². The van der Waals surface area contributed by atoms with E-state index in [4.69, 9.17) is 10.2 Å². The second-order valence-electron chi connectivity index (χ2n) is 5.27. The summed E-state index contributed by atoms with van der Waals surface area (Å²) < 4.78 is 0. The Bertz CT molecular complexity index is 536. The zero-order valence-electron chi connectivity index (χ0n) is 13.3. The molecule has 0 saturated carbocycles. The maximum atomic E-state index is 11.4. The van der Waals surface area contributed by atoms with E-state index in [9.17, 15) is 14.4 Å². The molecule has 0 heterocycles. The van der Waals surface area contributed by atoms with Gasteiger partial charge in [0.1, 0.15) is 12.6 Å². The number of carboxylic acids is 2. The Balaban J connectivity index is 2.18. The molecule has 0 saturated heterocycles. The number of amides is 2. The third kappa shape index (κ3) is 8.74. The van der Waals surface area contributed by atoms with E-state index in [-0.39, 0.29) is 6.42 Å². The fourth-order valence-electron chi connectivity index (χ4n) is 2.05. The minimum atomic E-state index is -1.19. The second-order valence-corrected chi connectivity index (χ2v) is 5.27. The Hall–Kier alpha value is -2.61. The average molecular weight is 337 g/mol. The SMILES string of the molecule is O=C(O)CNC(=O)NC(CCCCNCc1ccccc1)C(=O)O. The molecule has 1 rings (SSSR count). The normalized spacial score (nSPS) is 11.5. The van der Waals surface area contributed by atoms with Crippen molar-refractivity contribution in [3.63, 3.8) is 0 Å². The molecular formula is C16H23N3O5. The molecule has 0 aromatic heterocycles. The molecule has 0 radical (unpaired) electrons. The average Bonchev–Trinajstić information content (AvgIpc) is 2.55. The van der Waals surface area contributed by atoms with Gasteiger partial charge in [0.2, 0.25) is 0 Å². The smallest absolute Gasteiger partial charge is 0.326 e. The molecule has 0 fully saturated rings. The van der Waals surface area contributed by atoms with Gasteiger partial charge in [0.05, 0.1) is 0 Å². The summed E-state index contributed by atoms with van der Waals surface area (Å²) in [5, 5.41) is 25.1. The molecule has 5 N–H and O–H groups in total. The van der Waals surface area contributed by atoms with Crippen LogP contribution in [-0.2, 0) is 16.1 Å². The van der Waals surface area contributed by atoms with Crippen molar-refractivity contribution in [2.75, 3.05) is 13.1 Å². The summed E-state index contributed by atoms with van der Waals surface area (Å²) in [6.45, 7) is 0.938. The van der Waals surface area contributed by atoms with Crippen LogP contribution in [0.2, 0.25) is 0 Å². The van der Waals surface area contributed by atoms with Gasteiger partial charge in [-0.25, -0.2) is 9.59 Å². The minimum absolute atomic E-state index is 0.281. The van der Waals surface area contributed by atoms with Gasteiger partial charge in [0.25, 0.3) is 0 Å². The van der Waals surface area contributed by atoms with Crippen molar-refractivity contribution in [2.45, 2.75) is 31.8 Å². The predicted molar refractivity (Wildman–Crippen MR) is 87.6 cm³/mol. The Morgan fingerprint density at radius 2 is 1.75 bits per heavy atom. The zero-order valence-corrected chi connectivity index (χ0v) is 13.3. The number of aliphatic carboxylic acids is 2. The van der Waals surface area contributed by atoms with Gasteiger partial charge in [-0.05, 0) is 31.4 Å². The highest BCUT2D eigenvalue weighted by Gasteiger charge is 2.19. The molecule has 8 nitrogen and oxygen atoms in total. The van der Waals surface area contributed by atoms with E-state index in [1.807, 2.05) is 30.3 Å². The molecule has 1 unspecified atom stereocenters. The lowest BCUT2D eigenvalue weighted by Crippen LogP contribution is -2.47. The molecule has 132 valence electrons. The van der Waals surface area contributed by atoms with Crippen LogP contribution in [0.3, 0.4) is 0 Å². The maximum absolute atomic E-state index is 11.4. The lowest BCUT2D eigenvalue weighted by atomic mass is 10.1. The number of nitrogens with one attached hydrogen (secondary N) is 3. The Labute approximate surface area is 140 Å². The number of hydrogen-bond donors (Lipinski definition) is 5. The number of hydrogen-bond acceptors (Lipinski definition) is 4. The van der Waals surface area contributed by atoms with Crippen molar-refractivity contribution in [3.8, 4) is 0 Å². The van der Waals surface area contributed by atoms with Crippen LogP contribution in [-0.4, -0.2) is 47.3 Å². The fourth-order valence-corrected chi connectivity index (χ4v) is 2.05. The molecule has 2 amide bonds. The molecule has 0 aliphatic heterocycles. The number of urea groups is 1. The van der Waals surface area contributed by atoms with E-state index in [1.165, 1.54) is 5.56 Å². The molecule has 8 heteroatoms. The highest BCUT2D eigenvalue weighted by Crippen LogP contribution is 2.02. The van der Waals surface area contributed by atoms with Gasteiger partial charge < -0.3 is 26.2 Å². The summed E-state index contributed by atoms with van der Waals surface area (Å²) in [6.07, 6.45) is 1.68. The largest absolute Gasteiger partial charge is 0.480 e. The van der Waals surface area contributed by atoms with Crippen molar-refractivity contribution in [1.82, 2.24) is 16.0 Å². The summed E-state index contributed by atoms with van der Waals surface area (Å²) in [5.41, 5.74) is 1.18. The summed E-state index contributed by atoms with van der Waals surface area (Å²) in [4.78, 5) is 32.8.